The molecule has 1 fully saturated rings. The van der Waals surface area contributed by atoms with Crippen molar-refractivity contribution in [2.45, 2.75) is 31.1 Å². The molecule has 164 valence electrons. The summed E-state index contributed by atoms with van der Waals surface area (Å²) in [7, 11) is -1.99. The molecule has 2 N–H and O–H groups in total. The van der Waals surface area contributed by atoms with Gasteiger partial charge in [-0.15, -0.1) is 0 Å². The minimum atomic E-state index is -3.38. The normalized spacial score (nSPS) is 15.3. The molecule has 9 heteroatoms. The van der Waals surface area contributed by atoms with E-state index in [2.05, 4.69) is 15.0 Å². The Bertz CT molecular complexity index is 1130. The first-order chi connectivity index (χ1) is 14.9. The molecule has 2 heterocycles. The Morgan fingerprint density at radius 1 is 1.10 bits per heavy atom. The van der Waals surface area contributed by atoms with Crippen molar-refractivity contribution in [2.24, 2.45) is 0 Å². The van der Waals surface area contributed by atoms with Crippen LogP contribution < -0.4 is 10.0 Å². The highest BCUT2D eigenvalue weighted by molar-refractivity contribution is 7.88. The van der Waals surface area contributed by atoms with E-state index in [-0.39, 0.29) is 24.2 Å². The predicted molar refractivity (Wildman–Crippen MR) is 118 cm³/mol. The SMILES string of the molecule is CNS(=O)(=O)Cc1ccccc1CNC(=O)N1CCC(c2nc3ccccc3o2)CC1. The number of urea groups is 1. The van der Waals surface area contributed by atoms with E-state index in [4.69, 9.17) is 4.42 Å². The summed E-state index contributed by atoms with van der Waals surface area (Å²) in [6.45, 7) is 1.51. The van der Waals surface area contributed by atoms with Gasteiger partial charge >= 0.3 is 6.03 Å². The number of oxazole rings is 1. The summed E-state index contributed by atoms with van der Waals surface area (Å²) < 4.78 is 32.0. The van der Waals surface area contributed by atoms with Crippen LogP contribution in [-0.2, 0) is 22.3 Å². The highest BCUT2D eigenvalue weighted by atomic mass is 32.2. The summed E-state index contributed by atoms with van der Waals surface area (Å²) in [5.74, 6) is 0.815. The Kier molecular flexibility index (Phi) is 6.24. The average molecular weight is 443 g/mol. The number of likely N-dealkylation sites (tertiary alicyclic amines) is 1. The Morgan fingerprint density at radius 3 is 2.48 bits per heavy atom. The lowest BCUT2D eigenvalue weighted by Gasteiger charge is -2.30. The molecule has 0 bridgehead atoms. The number of piperidine rings is 1. The van der Waals surface area contributed by atoms with Gasteiger partial charge in [-0.2, -0.15) is 0 Å². The fraction of sp³-hybridized carbons (Fsp3) is 0.364. The van der Waals surface area contributed by atoms with Crippen LogP contribution in [0.5, 0.6) is 0 Å². The van der Waals surface area contributed by atoms with Crippen LogP contribution in [0, 0.1) is 0 Å². The minimum Gasteiger partial charge on any atom is -0.440 e. The zero-order valence-electron chi connectivity index (χ0n) is 17.4. The van der Waals surface area contributed by atoms with Gasteiger partial charge in [0.1, 0.15) is 5.52 Å². The Morgan fingerprint density at radius 2 is 1.77 bits per heavy atom. The molecule has 1 aromatic heterocycles. The van der Waals surface area contributed by atoms with Crippen molar-refractivity contribution in [1.82, 2.24) is 19.9 Å². The van der Waals surface area contributed by atoms with Crippen LogP contribution in [-0.4, -0.2) is 44.5 Å². The van der Waals surface area contributed by atoms with Crippen molar-refractivity contribution in [1.29, 1.82) is 0 Å². The number of carbonyl (C=O) groups excluding carboxylic acids is 1. The van der Waals surface area contributed by atoms with Gasteiger partial charge in [-0.05, 0) is 43.1 Å². The fourth-order valence-corrected chi connectivity index (χ4v) is 4.66. The lowest BCUT2D eigenvalue weighted by molar-refractivity contribution is 0.177. The number of aromatic nitrogens is 1. The van der Waals surface area contributed by atoms with E-state index < -0.39 is 10.0 Å². The number of fused-ring (bicyclic) bond motifs is 1. The molecule has 4 rings (SSSR count). The number of sulfonamides is 1. The second-order valence-corrected chi connectivity index (χ2v) is 9.60. The first-order valence-electron chi connectivity index (χ1n) is 10.3. The molecule has 3 aromatic rings. The first-order valence-corrected chi connectivity index (χ1v) is 12.0. The van der Waals surface area contributed by atoms with Crippen LogP contribution >= 0.6 is 0 Å². The summed E-state index contributed by atoms with van der Waals surface area (Å²) in [4.78, 5) is 19.0. The van der Waals surface area contributed by atoms with Crippen LogP contribution in [0.3, 0.4) is 0 Å². The molecule has 0 spiro atoms. The lowest BCUT2D eigenvalue weighted by Crippen LogP contribution is -2.44. The minimum absolute atomic E-state index is 0.120. The second kappa shape index (κ2) is 9.07. The van der Waals surface area contributed by atoms with Crippen LogP contribution in [0.25, 0.3) is 11.1 Å². The number of para-hydroxylation sites is 2. The number of rotatable bonds is 6. The Balaban J connectivity index is 1.33. The molecular formula is C22H26N4O4S. The monoisotopic (exact) mass is 442 g/mol. The molecule has 0 unspecified atom stereocenters. The van der Waals surface area contributed by atoms with Crippen LogP contribution in [0.1, 0.15) is 35.8 Å². The fourth-order valence-electron chi connectivity index (χ4n) is 3.82. The van der Waals surface area contributed by atoms with E-state index in [1.165, 1.54) is 7.05 Å². The summed E-state index contributed by atoms with van der Waals surface area (Å²) in [6, 6.07) is 14.8. The van der Waals surface area contributed by atoms with Gasteiger partial charge in [-0.3, -0.25) is 0 Å². The van der Waals surface area contributed by atoms with Gasteiger partial charge in [0.2, 0.25) is 10.0 Å². The van der Waals surface area contributed by atoms with Crippen LogP contribution in [0.15, 0.2) is 52.9 Å². The molecule has 1 aliphatic heterocycles. The third-order valence-corrected chi connectivity index (χ3v) is 6.96. The van der Waals surface area contributed by atoms with Crippen molar-refractivity contribution in [3.8, 4) is 0 Å². The zero-order chi connectivity index (χ0) is 21.8. The maximum Gasteiger partial charge on any atom is 0.317 e. The number of nitrogens with zero attached hydrogens (tertiary/aromatic N) is 2. The summed E-state index contributed by atoms with van der Waals surface area (Å²) in [5, 5.41) is 2.92. The van der Waals surface area contributed by atoms with E-state index in [9.17, 15) is 13.2 Å². The van der Waals surface area contributed by atoms with Gasteiger partial charge in [-0.25, -0.2) is 22.9 Å². The topological polar surface area (TPSA) is 105 Å². The zero-order valence-corrected chi connectivity index (χ0v) is 18.2. The molecule has 8 nitrogen and oxygen atoms in total. The maximum absolute atomic E-state index is 12.7. The molecule has 1 saturated heterocycles. The van der Waals surface area contributed by atoms with Crippen LogP contribution in [0.2, 0.25) is 0 Å². The van der Waals surface area contributed by atoms with E-state index in [1.54, 1.807) is 17.0 Å². The molecule has 2 aromatic carbocycles. The number of carbonyl (C=O) groups is 1. The van der Waals surface area contributed by atoms with Crippen molar-refractivity contribution in [3.63, 3.8) is 0 Å². The van der Waals surface area contributed by atoms with E-state index in [0.29, 0.717) is 18.7 Å². The third-order valence-electron chi connectivity index (χ3n) is 5.65. The third kappa shape index (κ3) is 5.05. The number of hydrogen-bond acceptors (Lipinski definition) is 5. The summed E-state index contributed by atoms with van der Waals surface area (Å²) in [5.41, 5.74) is 3.11. The molecule has 0 radical (unpaired) electrons. The van der Waals surface area contributed by atoms with Gasteiger partial charge in [0.25, 0.3) is 0 Å². The summed E-state index contributed by atoms with van der Waals surface area (Å²) >= 11 is 0. The van der Waals surface area contributed by atoms with Crippen molar-refractivity contribution >= 4 is 27.2 Å². The van der Waals surface area contributed by atoms with Crippen molar-refractivity contribution in [2.75, 3.05) is 20.1 Å². The molecule has 0 atom stereocenters. The second-order valence-electron chi connectivity index (χ2n) is 7.67. The number of hydrogen-bond donors (Lipinski definition) is 2. The quantitative estimate of drug-likeness (QED) is 0.611. The van der Waals surface area contributed by atoms with Gasteiger partial charge < -0.3 is 14.6 Å². The average Bonchev–Trinajstić information content (AvgIpc) is 3.22. The first kappa shape index (κ1) is 21.3. The van der Waals surface area contributed by atoms with Crippen molar-refractivity contribution in [3.05, 3.63) is 65.5 Å². The van der Waals surface area contributed by atoms with Crippen molar-refractivity contribution < 1.29 is 17.6 Å². The van der Waals surface area contributed by atoms with E-state index in [1.807, 2.05) is 36.4 Å². The lowest BCUT2D eigenvalue weighted by atomic mass is 9.97. The molecule has 1 aliphatic rings. The number of nitrogens with one attached hydrogen (secondary N) is 2. The van der Waals surface area contributed by atoms with Gasteiger partial charge in [0.05, 0.1) is 5.75 Å². The molecule has 31 heavy (non-hydrogen) atoms. The number of amides is 2. The number of benzene rings is 2. The summed E-state index contributed by atoms with van der Waals surface area (Å²) in [6.07, 6.45) is 1.58. The van der Waals surface area contributed by atoms with E-state index >= 15 is 0 Å². The van der Waals surface area contributed by atoms with Gasteiger partial charge in [0.15, 0.2) is 11.5 Å². The maximum atomic E-state index is 12.7. The standard InChI is InChI=1S/C22H26N4O4S/c1-23-31(28,29)15-18-7-3-2-6-17(18)14-24-22(27)26-12-10-16(11-13-26)21-25-19-8-4-5-9-20(19)30-21/h2-9,16,23H,10-15H2,1H3,(H,24,27). The smallest absolute Gasteiger partial charge is 0.317 e. The van der Waals surface area contributed by atoms with Crippen LogP contribution in [0.4, 0.5) is 4.79 Å². The highest BCUT2D eigenvalue weighted by Crippen LogP contribution is 2.29. The molecule has 0 aliphatic carbocycles. The largest absolute Gasteiger partial charge is 0.440 e. The Labute approximate surface area is 181 Å². The molecule has 0 saturated carbocycles. The Hall–Kier alpha value is -2.91. The van der Waals surface area contributed by atoms with Gasteiger partial charge in [-0.1, -0.05) is 36.4 Å². The highest BCUT2D eigenvalue weighted by Gasteiger charge is 2.27. The molecular weight excluding hydrogens is 416 g/mol. The molecule has 2 amide bonds. The van der Waals surface area contributed by atoms with E-state index in [0.717, 1.165) is 35.4 Å². The predicted octanol–water partition coefficient (Wildman–Crippen LogP) is 2.97. The van der Waals surface area contributed by atoms with Gasteiger partial charge in [0, 0.05) is 25.6 Å².